The molecule has 2 N–H and O–H groups in total. The largest absolute Gasteiger partial charge is 0.466 e. The Kier molecular flexibility index (Phi) is 6.42. The number of anilines is 1. The maximum Gasteiger partial charge on any atom is 0.308 e. The van der Waals surface area contributed by atoms with Crippen LogP contribution in [0.2, 0.25) is 10.0 Å². The van der Waals surface area contributed by atoms with Crippen LogP contribution in [0, 0.1) is 6.92 Å². The number of hydrogen-bond acceptors (Lipinski definition) is 4. The van der Waals surface area contributed by atoms with E-state index in [-0.39, 0.29) is 13.0 Å². The van der Waals surface area contributed by atoms with Crippen LogP contribution in [0.25, 0.3) is 0 Å². The van der Waals surface area contributed by atoms with Crippen LogP contribution in [0.5, 0.6) is 0 Å². The number of aliphatic hydroxyl groups excluding tert-OH is 1. The summed E-state index contributed by atoms with van der Waals surface area (Å²) in [4.78, 5) is 11.2. The highest BCUT2D eigenvalue weighted by atomic mass is 35.5. The van der Waals surface area contributed by atoms with E-state index in [9.17, 15) is 9.90 Å². The zero-order valence-corrected chi connectivity index (χ0v) is 12.4. The predicted molar refractivity (Wildman–Crippen MR) is 76.9 cm³/mol. The van der Waals surface area contributed by atoms with Crippen molar-refractivity contribution in [3.63, 3.8) is 0 Å². The molecule has 0 radical (unpaired) electrons. The number of halogens is 2. The zero-order valence-electron chi connectivity index (χ0n) is 10.9. The molecule has 0 aliphatic rings. The lowest BCUT2D eigenvalue weighted by Gasteiger charge is -2.14. The van der Waals surface area contributed by atoms with Gasteiger partial charge >= 0.3 is 5.97 Å². The number of aryl methyl sites for hydroxylation is 1. The fourth-order valence-corrected chi connectivity index (χ4v) is 1.94. The van der Waals surface area contributed by atoms with E-state index in [1.54, 1.807) is 19.1 Å². The van der Waals surface area contributed by atoms with Gasteiger partial charge in [-0.05, 0) is 31.5 Å². The smallest absolute Gasteiger partial charge is 0.308 e. The third kappa shape index (κ3) is 5.27. The van der Waals surface area contributed by atoms with Crippen molar-refractivity contribution >= 4 is 34.9 Å². The third-order valence-electron chi connectivity index (χ3n) is 2.48. The van der Waals surface area contributed by atoms with E-state index in [0.29, 0.717) is 22.3 Å². The molecule has 1 aromatic rings. The Balaban J connectivity index is 2.52. The summed E-state index contributed by atoms with van der Waals surface area (Å²) in [7, 11) is 0. The molecular weight excluding hydrogens is 289 g/mol. The molecule has 0 amide bonds. The summed E-state index contributed by atoms with van der Waals surface area (Å²) in [5.41, 5.74) is 1.50. The summed E-state index contributed by atoms with van der Waals surface area (Å²) < 4.78 is 4.75. The summed E-state index contributed by atoms with van der Waals surface area (Å²) in [5.74, 6) is -0.426. The maximum atomic E-state index is 11.2. The Morgan fingerprint density at radius 2 is 2.11 bits per heavy atom. The van der Waals surface area contributed by atoms with Crippen LogP contribution in [0.1, 0.15) is 18.9 Å². The molecule has 6 heteroatoms. The summed E-state index contributed by atoms with van der Waals surface area (Å²) in [5, 5.41) is 13.7. The number of hydrogen-bond donors (Lipinski definition) is 2. The first-order valence-electron chi connectivity index (χ1n) is 5.97. The molecule has 1 rings (SSSR count). The van der Waals surface area contributed by atoms with Crippen LogP contribution in [0.3, 0.4) is 0 Å². The molecule has 0 saturated carbocycles. The molecular formula is C13H17Cl2NO3. The summed E-state index contributed by atoms with van der Waals surface area (Å²) in [6.45, 7) is 4.07. The van der Waals surface area contributed by atoms with Crippen LogP contribution in [0.4, 0.5) is 5.69 Å². The predicted octanol–water partition coefficient (Wildman–Crippen LogP) is 3.03. The van der Waals surface area contributed by atoms with Crippen molar-refractivity contribution < 1.29 is 14.6 Å². The van der Waals surface area contributed by atoms with Crippen LogP contribution >= 0.6 is 23.2 Å². The normalized spacial score (nSPS) is 12.1. The molecule has 4 nitrogen and oxygen atoms in total. The average Bonchev–Trinajstić information content (AvgIpc) is 2.32. The maximum absolute atomic E-state index is 11.2. The average molecular weight is 306 g/mol. The molecule has 0 fully saturated rings. The van der Waals surface area contributed by atoms with E-state index in [1.807, 2.05) is 6.92 Å². The van der Waals surface area contributed by atoms with Crippen molar-refractivity contribution in [2.45, 2.75) is 26.4 Å². The van der Waals surface area contributed by atoms with Gasteiger partial charge in [0.15, 0.2) is 0 Å². The highest BCUT2D eigenvalue weighted by molar-refractivity contribution is 6.35. The quantitative estimate of drug-likeness (QED) is 0.793. The van der Waals surface area contributed by atoms with E-state index >= 15 is 0 Å². The zero-order chi connectivity index (χ0) is 14.4. The van der Waals surface area contributed by atoms with E-state index in [1.165, 1.54) is 0 Å². The first-order valence-corrected chi connectivity index (χ1v) is 6.72. The van der Waals surface area contributed by atoms with Gasteiger partial charge in [0, 0.05) is 11.6 Å². The molecule has 1 atom stereocenters. The van der Waals surface area contributed by atoms with Gasteiger partial charge in [0.2, 0.25) is 0 Å². The van der Waals surface area contributed by atoms with Crippen LogP contribution < -0.4 is 5.32 Å². The van der Waals surface area contributed by atoms with Crippen molar-refractivity contribution in [2.75, 3.05) is 18.5 Å². The molecule has 0 spiro atoms. The molecule has 1 aromatic carbocycles. The lowest BCUT2D eigenvalue weighted by atomic mass is 10.2. The van der Waals surface area contributed by atoms with Gasteiger partial charge in [0.25, 0.3) is 0 Å². The Morgan fingerprint density at radius 3 is 2.74 bits per heavy atom. The summed E-state index contributed by atoms with van der Waals surface area (Å²) >= 11 is 12.0. The third-order valence-corrected chi connectivity index (χ3v) is 3.20. The minimum atomic E-state index is -0.838. The van der Waals surface area contributed by atoms with Crippen LogP contribution in [0.15, 0.2) is 12.1 Å². The van der Waals surface area contributed by atoms with Crippen molar-refractivity contribution in [3.8, 4) is 0 Å². The number of esters is 1. The second-order valence-electron chi connectivity index (χ2n) is 4.13. The number of carbonyl (C=O) groups excluding carboxylic acids is 1. The van der Waals surface area contributed by atoms with E-state index < -0.39 is 12.1 Å². The monoisotopic (exact) mass is 305 g/mol. The Bertz CT molecular complexity index is 452. The number of ether oxygens (including phenoxy) is 1. The highest BCUT2D eigenvalue weighted by Crippen LogP contribution is 2.28. The SMILES string of the molecule is CCOC(=O)CC(O)CNc1cc(Cl)c(C)cc1Cl. The minimum Gasteiger partial charge on any atom is -0.466 e. The van der Waals surface area contributed by atoms with Gasteiger partial charge in [-0.2, -0.15) is 0 Å². The topological polar surface area (TPSA) is 58.6 Å². The molecule has 0 aromatic heterocycles. The van der Waals surface area contributed by atoms with Gasteiger partial charge in [0.1, 0.15) is 0 Å². The van der Waals surface area contributed by atoms with Gasteiger partial charge in [-0.15, -0.1) is 0 Å². The van der Waals surface area contributed by atoms with Gasteiger partial charge in [0.05, 0.1) is 29.8 Å². The van der Waals surface area contributed by atoms with Gasteiger partial charge < -0.3 is 15.2 Å². The molecule has 106 valence electrons. The van der Waals surface area contributed by atoms with Crippen molar-refractivity contribution in [3.05, 3.63) is 27.7 Å². The highest BCUT2D eigenvalue weighted by Gasteiger charge is 2.12. The van der Waals surface area contributed by atoms with E-state index in [4.69, 9.17) is 27.9 Å². The first kappa shape index (κ1) is 16.1. The number of nitrogens with one attached hydrogen (secondary N) is 1. The lowest BCUT2D eigenvalue weighted by molar-refractivity contribution is -0.145. The van der Waals surface area contributed by atoms with E-state index in [2.05, 4.69) is 5.32 Å². The minimum absolute atomic E-state index is 0.0575. The molecule has 0 aliphatic carbocycles. The molecule has 0 bridgehead atoms. The summed E-state index contributed by atoms with van der Waals surface area (Å²) in [6.07, 6.45) is -0.895. The fraction of sp³-hybridized carbons (Fsp3) is 0.462. The number of aliphatic hydroxyl groups is 1. The molecule has 0 aliphatic heterocycles. The van der Waals surface area contributed by atoms with Crippen molar-refractivity contribution in [1.29, 1.82) is 0 Å². The van der Waals surface area contributed by atoms with Crippen molar-refractivity contribution in [2.24, 2.45) is 0 Å². The second-order valence-corrected chi connectivity index (χ2v) is 4.94. The van der Waals surface area contributed by atoms with Gasteiger partial charge in [-0.25, -0.2) is 0 Å². The van der Waals surface area contributed by atoms with Gasteiger partial charge in [-0.1, -0.05) is 23.2 Å². The second kappa shape index (κ2) is 7.58. The summed E-state index contributed by atoms with van der Waals surface area (Å²) in [6, 6.07) is 3.43. The molecule has 0 heterocycles. The van der Waals surface area contributed by atoms with Crippen LogP contribution in [-0.4, -0.2) is 30.3 Å². The Hall–Kier alpha value is -0.970. The van der Waals surface area contributed by atoms with Crippen LogP contribution in [-0.2, 0) is 9.53 Å². The molecule has 0 saturated heterocycles. The standard InChI is InChI=1S/C13H17Cl2NO3/c1-3-19-13(18)5-9(17)7-16-12-6-10(14)8(2)4-11(12)15/h4,6,9,16-17H,3,5,7H2,1-2H3. The lowest BCUT2D eigenvalue weighted by Crippen LogP contribution is -2.24. The number of benzene rings is 1. The number of rotatable bonds is 6. The molecule has 19 heavy (non-hydrogen) atoms. The molecule has 1 unspecified atom stereocenters. The van der Waals surface area contributed by atoms with E-state index in [0.717, 1.165) is 5.56 Å². The van der Waals surface area contributed by atoms with Crippen molar-refractivity contribution in [1.82, 2.24) is 0 Å². The number of carbonyl (C=O) groups is 1. The Labute approximate surface area is 122 Å². The fourth-order valence-electron chi connectivity index (χ4n) is 1.49. The Morgan fingerprint density at radius 1 is 1.42 bits per heavy atom. The first-order chi connectivity index (χ1) is 8.93. The van der Waals surface area contributed by atoms with Gasteiger partial charge in [-0.3, -0.25) is 4.79 Å².